The smallest absolute Gasteiger partial charge is 0.133 e. The molecule has 0 aliphatic heterocycles. The van der Waals surface area contributed by atoms with Crippen molar-refractivity contribution in [3.8, 4) is 11.3 Å². The van der Waals surface area contributed by atoms with Gasteiger partial charge in [-0.25, -0.2) is 4.39 Å². The van der Waals surface area contributed by atoms with Crippen molar-refractivity contribution < 1.29 is 4.39 Å². The van der Waals surface area contributed by atoms with Gasteiger partial charge in [-0.2, -0.15) is 0 Å². The van der Waals surface area contributed by atoms with Crippen LogP contribution in [0.4, 0.5) is 4.39 Å². The third kappa shape index (κ3) is 2.44. The summed E-state index contributed by atoms with van der Waals surface area (Å²) in [5, 5.41) is 0. The van der Waals surface area contributed by atoms with Crippen molar-refractivity contribution in [3.05, 3.63) is 51.3 Å². The lowest BCUT2D eigenvalue weighted by atomic mass is 10.1. The molecule has 0 bridgehead atoms. The van der Waals surface area contributed by atoms with E-state index in [9.17, 15) is 4.39 Å². The first kappa shape index (κ1) is 10.8. The third-order valence-corrected chi connectivity index (χ3v) is 2.90. The minimum absolute atomic E-state index is 0.279. The van der Waals surface area contributed by atoms with E-state index in [1.807, 2.05) is 6.07 Å². The van der Waals surface area contributed by atoms with E-state index in [0.29, 0.717) is 11.3 Å². The molecule has 1 heterocycles. The summed E-state index contributed by atoms with van der Waals surface area (Å²) in [6.07, 6.45) is 1.65. The molecule has 0 aliphatic carbocycles. The minimum Gasteiger partial charge on any atom is -0.255 e. The highest BCUT2D eigenvalue weighted by molar-refractivity contribution is 9.10. The highest BCUT2D eigenvalue weighted by Gasteiger charge is 2.06. The molecule has 15 heavy (non-hydrogen) atoms. The van der Waals surface area contributed by atoms with E-state index in [2.05, 4.69) is 36.8 Å². The molecule has 0 fully saturated rings. The van der Waals surface area contributed by atoms with Gasteiger partial charge in [-0.05, 0) is 46.3 Å². The van der Waals surface area contributed by atoms with Gasteiger partial charge >= 0.3 is 0 Å². The fourth-order valence-corrected chi connectivity index (χ4v) is 1.80. The van der Waals surface area contributed by atoms with Crippen LogP contribution in [0, 0.1) is 5.82 Å². The van der Waals surface area contributed by atoms with Gasteiger partial charge in [-0.3, -0.25) is 4.98 Å². The molecule has 2 aromatic rings. The molecule has 0 N–H and O–H groups in total. The van der Waals surface area contributed by atoms with Crippen LogP contribution in [0.1, 0.15) is 0 Å². The molecule has 0 saturated carbocycles. The predicted molar refractivity (Wildman–Crippen MR) is 65.0 cm³/mol. The van der Waals surface area contributed by atoms with Gasteiger partial charge < -0.3 is 0 Å². The number of nitrogens with zero attached hydrogens (tertiary/aromatic N) is 1. The molecule has 1 nitrogen and oxygen atoms in total. The zero-order valence-electron chi connectivity index (χ0n) is 7.55. The van der Waals surface area contributed by atoms with Crippen molar-refractivity contribution in [3.63, 3.8) is 0 Å². The summed E-state index contributed by atoms with van der Waals surface area (Å²) in [4.78, 5) is 4.14. The maximum Gasteiger partial charge on any atom is 0.133 e. The lowest BCUT2D eigenvalue weighted by Crippen LogP contribution is -1.87. The van der Waals surface area contributed by atoms with E-state index < -0.39 is 0 Å². The topological polar surface area (TPSA) is 12.9 Å². The zero-order chi connectivity index (χ0) is 10.8. The standard InChI is InChI=1S/C11H6Br2FN/c12-7-1-3-9(10(14)5-7)11-4-2-8(13)6-15-11/h1-6H. The maximum atomic E-state index is 13.6. The molecule has 0 aliphatic rings. The number of rotatable bonds is 1. The number of halogens is 3. The molecule has 0 atom stereocenters. The Hall–Kier alpha value is -0.740. The molecule has 0 radical (unpaired) electrons. The Labute approximate surface area is 104 Å². The van der Waals surface area contributed by atoms with E-state index in [4.69, 9.17) is 0 Å². The fourth-order valence-electron chi connectivity index (χ4n) is 1.23. The first-order valence-electron chi connectivity index (χ1n) is 4.24. The number of benzene rings is 1. The SMILES string of the molecule is Fc1cc(Br)ccc1-c1ccc(Br)cn1. The Morgan fingerprint density at radius 2 is 1.73 bits per heavy atom. The summed E-state index contributed by atoms with van der Waals surface area (Å²) in [7, 11) is 0. The van der Waals surface area contributed by atoms with Crippen molar-refractivity contribution >= 4 is 31.9 Å². The van der Waals surface area contributed by atoms with Crippen LogP contribution in [0.3, 0.4) is 0 Å². The summed E-state index contributed by atoms with van der Waals surface area (Å²) in [6, 6.07) is 8.54. The van der Waals surface area contributed by atoms with E-state index >= 15 is 0 Å². The van der Waals surface area contributed by atoms with Crippen LogP contribution < -0.4 is 0 Å². The molecular formula is C11H6Br2FN. The second-order valence-corrected chi connectivity index (χ2v) is 4.82. The van der Waals surface area contributed by atoms with Gasteiger partial charge in [-0.1, -0.05) is 15.9 Å². The van der Waals surface area contributed by atoms with Gasteiger partial charge in [0.15, 0.2) is 0 Å². The van der Waals surface area contributed by atoms with Gasteiger partial charge in [0.05, 0.1) is 5.69 Å². The number of hydrogen-bond acceptors (Lipinski definition) is 1. The second-order valence-electron chi connectivity index (χ2n) is 2.99. The molecule has 0 unspecified atom stereocenters. The van der Waals surface area contributed by atoms with Crippen molar-refractivity contribution in [2.75, 3.05) is 0 Å². The molecule has 1 aromatic carbocycles. The van der Waals surface area contributed by atoms with Crippen molar-refractivity contribution in [2.24, 2.45) is 0 Å². The second kappa shape index (κ2) is 4.41. The maximum absolute atomic E-state index is 13.6. The van der Waals surface area contributed by atoms with Crippen LogP contribution in [0.5, 0.6) is 0 Å². The molecule has 4 heteroatoms. The largest absolute Gasteiger partial charge is 0.255 e. The molecule has 2 rings (SSSR count). The Bertz CT molecular complexity index is 482. The van der Waals surface area contributed by atoms with Gasteiger partial charge in [0.2, 0.25) is 0 Å². The predicted octanol–water partition coefficient (Wildman–Crippen LogP) is 4.41. The zero-order valence-corrected chi connectivity index (χ0v) is 10.7. The normalized spacial score (nSPS) is 10.3. The Morgan fingerprint density at radius 1 is 1.00 bits per heavy atom. The van der Waals surface area contributed by atoms with E-state index in [0.717, 1.165) is 8.95 Å². The monoisotopic (exact) mass is 329 g/mol. The van der Waals surface area contributed by atoms with Gasteiger partial charge in [0, 0.05) is 20.7 Å². The lowest BCUT2D eigenvalue weighted by Gasteiger charge is -2.02. The van der Waals surface area contributed by atoms with Crippen molar-refractivity contribution in [1.29, 1.82) is 0 Å². The molecule has 0 saturated heterocycles. The summed E-state index contributed by atoms with van der Waals surface area (Å²) in [5.74, 6) is -0.279. The molecule has 0 amide bonds. The van der Waals surface area contributed by atoms with Gasteiger partial charge in [-0.15, -0.1) is 0 Å². The number of pyridine rings is 1. The van der Waals surface area contributed by atoms with Crippen LogP contribution in [-0.2, 0) is 0 Å². The van der Waals surface area contributed by atoms with Crippen LogP contribution in [0.2, 0.25) is 0 Å². The van der Waals surface area contributed by atoms with Crippen LogP contribution in [0.15, 0.2) is 45.5 Å². The Kier molecular flexibility index (Phi) is 3.17. The average Bonchev–Trinajstić information content (AvgIpc) is 2.20. The van der Waals surface area contributed by atoms with Gasteiger partial charge in [0.1, 0.15) is 5.82 Å². The molecular weight excluding hydrogens is 325 g/mol. The van der Waals surface area contributed by atoms with Gasteiger partial charge in [0.25, 0.3) is 0 Å². The summed E-state index contributed by atoms with van der Waals surface area (Å²) >= 11 is 6.50. The lowest BCUT2D eigenvalue weighted by molar-refractivity contribution is 0.630. The number of aromatic nitrogens is 1. The summed E-state index contributed by atoms with van der Waals surface area (Å²) in [5.41, 5.74) is 1.13. The minimum atomic E-state index is -0.279. The first-order valence-corrected chi connectivity index (χ1v) is 5.82. The molecule has 1 aromatic heterocycles. The molecule has 0 spiro atoms. The highest BCUT2D eigenvalue weighted by atomic mass is 79.9. The molecule has 76 valence electrons. The quantitative estimate of drug-likeness (QED) is 0.754. The van der Waals surface area contributed by atoms with Crippen molar-refractivity contribution in [2.45, 2.75) is 0 Å². The average molecular weight is 331 g/mol. The third-order valence-electron chi connectivity index (χ3n) is 1.93. The first-order chi connectivity index (χ1) is 7.16. The van der Waals surface area contributed by atoms with E-state index in [-0.39, 0.29) is 5.82 Å². The summed E-state index contributed by atoms with van der Waals surface area (Å²) in [6.45, 7) is 0. The number of hydrogen-bond donors (Lipinski definition) is 0. The van der Waals surface area contributed by atoms with Crippen molar-refractivity contribution in [1.82, 2.24) is 4.98 Å². The fraction of sp³-hybridized carbons (Fsp3) is 0. The Balaban J connectivity index is 2.49. The highest BCUT2D eigenvalue weighted by Crippen LogP contribution is 2.24. The summed E-state index contributed by atoms with van der Waals surface area (Å²) < 4.78 is 15.2. The van der Waals surface area contributed by atoms with Crippen LogP contribution >= 0.6 is 31.9 Å². The van der Waals surface area contributed by atoms with E-state index in [1.54, 1.807) is 24.4 Å². The van der Waals surface area contributed by atoms with Crippen LogP contribution in [0.25, 0.3) is 11.3 Å². The van der Waals surface area contributed by atoms with E-state index in [1.165, 1.54) is 6.07 Å². The van der Waals surface area contributed by atoms with Crippen LogP contribution in [-0.4, -0.2) is 4.98 Å². The Morgan fingerprint density at radius 3 is 2.33 bits per heavy atom.